The van der Waals surface area contributed by atoms with Gasteiger partial charge >= 0.3 is 137 Å². The van der Waals surface area contributed by atoms with E-state index in [0.717, 1.165) is 12.8 Å². The molecule has 0 aromatic rings. The van der Waals surface area contributed by atoms with E-state index in [0.29, 0.717) is 37.6 Å². The van der Waals surface area contributed by atoms with Gasteiger partial charge in [0, 0.05) is 0 Å². The van der Waals surface area contributed by atoms with Crippen LogP contribution in [0.15, 0.2) is 0 Å². The van der Waals surface area contributed by atoms with Crippen LogP contribution in [0.3, 0.4) is 0 Å². The number of rotatable bonds is 13. The molecular formula is C17H39O4P. The van der Waals surface area contributed by atoms with Crippen LogP contribution >= 0.6 is 7.51 Å². The van der Waals surface area contributed by atoms with E-state index in [1.165, 1.54) is 12.8 Å². The molecule has 0 rings (SSSR count). The van der Waals surface area contributed by atoms with Gasteiger partial charge in [-0.05, 0) is 0 Å². The molecule has 0 aliphatic heterocycles. The van der Waals surface area contributed by atoms with Crippen LogP contribution in [0, 0.1) is 17.8 Å². The van der Waals surface area contributed by atoms with Gasteiger partial charge in [0.25, 0.3) is 0 Å². The molecule has 0 aliphatic carbocycles. The second-order valence-electron chi connectivity index (χ2n) is 7.31. The predicted octanol–water partition coefficient (Wildman–Crippen LogP) is 5.40. The Hall–Kier alpha value is 0.270. The maximum atomic E-state index is 11.0. The average molecular weight is 338 g/mol. The quantitative estimate of drug-likeness (QED) is 0.457. The van der Waals surface area contributed by atoms with Crippen LogP contribution in [0.1, 0.15) is 67.2 Å². The molecule has 136 valence electrons. The van der Waals surface area contributed by atoms with Crippen molar-refractivity contribution < 1.29 is 18.5 Å². The molecule has 1 unspecified atom stereocenters. The molecule has 0 amide bonds. The summed E-state index contributed by atoms with van der Waals surface area (Å²) in [6.07, 6.45) is 4.53. The molecule has 0 aromatic heterocycles. The van der Waals surface area contributed by atoms with Crippen molar-refractivity contribution in [3.63, 3.8) is 0 Å². The third-order valence-electron chi connectivity index (χ3n) is 3.55. The third kappa shape index (κ3) is 10.1. The monoisotopic (exact) mass is 338 g/mol. The number of unbranched alkanes of at least 4 members (excludes halogenated alkanes) is 1. The van der Waals surface area contributed by atoms with Gasteiger partial charge < -0.3 is 0 Å². The summed E-state index contributed by atoms with van der Waals surface area (Å²) in [4.78, 5) is 11.0. The van der Waals surface area contributed by atoms with E-state index in [4.69, 9.17) is 13.6 Å². The number of hydrogen-bond acceptors (Lipinski definition) is 4. The Kier molecular flexibility index (Phi) is 10.3. The van der Waals surface area contributed by atoms with Crippen molar-refractivity contribution in [2.45, 2.75) is 67.2 Å². The molecule has 0 saturated carbocycles. The fourth-order valence-corrected chi connectivity index (χ4v) is 3.96. The van der Waals surface area contributed by atoms with Crippen molar-refractivity contribution in [3.05, 3.63) is 0 Å². The summed E-state index contributed by atoms with van der Waals surface area (Å²) in [7, 11) is -3.97. The van der Waals surface area contributed by atoms with E-state index < -0.39 is 7.51 Å². The third-order valence-corrected chi connectivity index (χ3v) is 5.75. The first-order chi connectivity index (χ1) is 10.1. The molecule has 0 radical (unpaired) electrons. The molecule has 0 saturated heterocycles. The molecule has 0 spiro atoms. The molecular weight excluding hydrogens is 299 g/mol. The first kappa shape index (κ1) is 22.3. The van der Waals surface area contributed by atoms with Crippen LogP contribution < -0.4 is 0 Å². The molecule has 22 heavy (non-hydrogen) atoms. The van der Waals surface area contributed by atoms with Crippen LogP contribution in [0.2, 0.25) is 0 Å². The zero-order valence-corrected chi connectivity index (χ0v) is 16.7. The van der Waals surface area contributed by atoms with Crippen molar-refractivity contribution in [2.75, 3.05) is 26.5 Å². The SMILES string of the molecule is CCCCC(CC)COP(C)(O)(OCC(C)C)OCC(C)C. The van der Waals surface area contributed by atoms with E-state index in [2.05, 4.69) is 41.5 Å². The Bertz CT molecular complexity index is 276. The minimum absolute atomic E-state index is 0.321. The van der Waals surface area contributed by atoms with Gasteiger partial charge in [0.2, 0.25) is 0 Å². The second-order valence-corrected chi connectivity index (χ2v) is 10.5. The Balaban J connectivity index is 4.74. The normalized spacial score (nSPS) is 16.0. The van der Waals surface area contributed by atoms with E-state index in [1.54, 1.807) is 6.66 Å². The van der Waals surface area contributed by atoms with E-state index in [9.17, 15) is 4.89 Å². The molecule has 0 heterocycles. The second kappa shape index (κ2) is 10.2. The summed E-state index contributed by atoms with van der Waals surface area (Å²) >= 11 is 0. The van der Waals surface area contributed by atoms with Gasteiger partial charge in [-0.3, -0.25) is 0 Å². The first-order valence-electron chi connectivity index (χ1n) is 8.83. The van der Waals surface area contributed by atoms with Gasteiger partial charge in [-0.15, -0.1) is 0 Å². The van der Waals surface area contributed by atoms with E-state index in [-0.39, 0.29) is 0 Å². The van der Waals surface area contributed by atoms with Gasteiger partial charge in [-0.1, -0.05) is 0 Å². The van der Waals surface area contributed by atoms with Crippen LogP contribution in [-0.2, 0) is 13.6 Å². The summed E-state index contributed by atoms with van der Waals surface area (Å²) in [6, 6.07) is 0. The fraction of sp³-hybridized carbons (Fsp3) is 1.00. The van der Waals surface area contributed by atoms with Crippen molar-refractivity contribution >= 4 is 7.51 Å². The minimum atomic E-state index is -3.97. The first-order valence-corrected chi connectivity index (χ1v) is 11.2. The Morgan fingerprint density at radius 1 is 0.864 bits per heavy atom. The van der Waals surface area contributed by atoms with Crippen LogP contribution in [0.5, 0.6) is 0 Å². The zero-order valence-electron chi connectivity index (χ0n) is 15.8. The molecule has 0 aliphatic rings. The topological polar surface area (TPSA) is 47.9 Å². The van der Waals surface area contributed by atoms with Gasteiger partial charge in [0.1, 0.15) is 0 Å². The Labute approximate surface area is 138 Å². The van der Waals surface area contributed by atoms with E-state index in [1.807, 2.05) is 0 Å². The van der Waals surface area contributed by atoms with Crippen molar-refractivity contribution in [2.24, 2.45) is 17.8 Å². The maximum absolute atomic E-state index is 11.0. The van der Waals surface area contributed by atoms with E-state index >= 15 is 0 Å². The summed E-state index contributed by atoms with van der Waals surface area (Å²) in [5.41, 5.74) is 0. The molecule has 0 bridgehead atoms. The van der Waals surface area contributed by atoms with Gasteiger partial charge in [-0.25, -0.2) is 0 Å². The molecule has 0 fully saturated rings. The standard InChI is InChI=1S/C17H39O4P/c1-8-10-11-17(9-2)14-21-22(7,18,19-12-15(3)4)20-13-16(5)6/h15-18H,8-14H2,1-7H3. The predicted molar refractivity (Wildman–Crippen MR) is 95.9 cm³/mol. The van der Waals surface area contributed by atoms with Crippen LogP contribution in [0.25, 0.3) is 0 Å². The molecule has 4 nitrogen and oxygen atoms in total. The van der Waals surface area contributed by atoms with Crippen molar-refractivity contribution in [3.8, 4) is 0 Å². The average Bonchev–Trinajstić information content (AvgIpc) is 2.44. The Morgan fingerprint density at radius 3 is 1.68 bits per heavy atom. The fourth-order valence-electron chi connectivity index (χ4n) is 1.92. The van der Waals surface area contributed by atoms with Crippen LogP contribution in [-0.4, -0.2) is 31.4 Å². The van der Waals surface area contributed by atoms with Gasteiger partial charge in [-0.2, -0.15) is 0 Å². The molecule has 5 heteroatoms. The zero-order chi connectivity index (χ0) is 17.3. The summed E-state index contributed by atoms with van der Waals surface area (Å²) in [5.74, 6) is 1.09. The summed E-state index contributed by atoms with van der Waals surface area (Å²) < 4.78 is 17.4. The molecule has 1 atom stereocenters. The molecule has 1 N–H and O–H groups in total. The number of hydrogen-bond donors (Lipinski definition) is 1. The molecule has 0 aromatic carbocycles. The van der Waals surface area contributed by atoms with Gasteiger partial charge in [0.15, 0.2) is 0 Å². The van der Waals surface area contributed by atoms with Gasteiger partial charge in [0.05, 0.1) is 0 Å². The van der Waals surface area contributed by atoms with Crippen molar-refractivity contribution in [1.29, 1.82) is 0 Å². The van der Waals surface area contributed by atoms with Crippen LogP contribution in [0.4, 0.5) is 0 Å². The Morgan fingerprint density at radius 2 is 1.32 bits per heavy atom. The summed E-state index contributed by atoms with van der Waals surface area (Å²) in [5, 5.41) is 0. The van der Waals surface area contributed by atoms with Crippen molar-refractivity contribution in [1.82, 2.24) is 0 Å². The summed E-state index contributed by atoms with van der Waals surface area (Å²) in [6.45, 7) is 15.5.